The van der Waals surface area contributed by atoms with E-state index in [-0.39, 0.29) is 17.7 Å². The van der Waals surface area contributed by atoms with Crippen LogP contribution in [0, 0.1) is 13.8 Å². The molecular formula is C35H32N6O4. The fraction of sp³-hybridized carbons (Fsp3) is 0.0857. The van der Waals surface area contributed by atoms with Crippen molar-refractivity contribution in [2.45, 2.75) is 20.8 Å². The van der Waals surface area contributed by atoms with E-state index in [0.717, 1.165) is 44.3 Å². The van der Waals surface area contributed by atoms with Gasteiger partial charge in [-0.05, 0) is 85.6 Å². The zero-order valence-electron chi connectivity index (χ0n) is 24.9. The van der Waals surface area contributed by atoms with Crippen molar-refractivity contribution in [1.29, 1.82) is 0 Å². The Bertz CT molecular complexity index is 2070. The zero-order valence-corrected chi connectivity index (χ0v) is 24.9. The Kier molecular flexibility index (Phi) is 8.76. The highest BCUT2D eigenvalue weighted by Crippen LogP contribution is 2.30. The number of fused-ring (bicyclic) bond motifs is 2. The number of H-pyrrole nitrogens is 2. The fourth-order valence-electron chi connectivity index (χ4n) is 4.96. The van der Waals surface area contributed by atoms with E-state index >= 15 is 0 Å². The molecule has 2 amide bonds. The van der Waals surface area contributed by atoms with Gasteiger partial charge < -0.3 is 31.2 Å². The van der Waals surface area contributed by atoms with Gasteiger partial charge in [-0.1, -0.05) is 24.3 Å². The highest BCUT2D eigenvalue weighted by atomic mass is 16.3. The summed E-state index contributed by atoms with van der Waals surface area (Å²) in [6, 6.07) is 25.5. The first-order valence-electron chi connectivity index (χ1n) is 14.1. The number of benzene rings is 4. The summed E-state index contributed by atoms with van der Waals surface area (Å²) < 4.78 is 0. The normalized spacial score (nSPS) is 11.3. The third-order valence-corrected chi connectivity index (χ3v) is 7.13. The summed E-state index contributed by atoms with van der Waals surface area (Å²) in [5.74, 6) is -0.393. The first-order chi connectivity index (χ1) is 21.6. The third kappa shape index (κ3) is 6.91. The molecular weight excluding hydrogens is 568 g/mol. The molecule has 0 aliphatic rings. The van der Waals surface area contributed by atoms with Gasteiger partial charge in [0.25, 0.3) is 0 Å². The van der Waals surface area contributed by atoms with Crippen LogP contribution >= 0.6 is 0 Å². The van der Waals surface area contributed by atoms with Crippen LogP contribution < -0.4 is 11.1 Å². The van der Waals surface area contributed by atoms with E-state index < -0.39 is 5.91 Å². The first-order valence-corrected chi connectivity index (χ1v) is 14.1. The Morgan fingerprint density at radius 2 is 1.16 bits per heavy atom. The molecule has 0 bridgehead atoms. The number of aryl methyl sites for hydroxylation is 2. The molecule has 0 radical (unpaired) electrons. The highest BCUT2D eigenvalue weighted by molar-refractivity contribution is 6.05. The number of anilines is 1. The lowest BCUT2D eigenvalue weighted by atomic mass is 10.1. The average molecular weight is 601 g/mol. The maximum Gasteiger partial charge on any atom is 0.248 e. The van der Waals surface area contributed by atoms with Crippen LogP contribution in [0.25, 0.3) is 21.8 Å². The Morgan fingerprint density at radius 3 is 1.58 bits per heavy atom. The SMILES string of the molecule is CC(=O)Nc1ccc(N=Cc2c(O)[nH]c3cccc(C)c23)cc1.Cc1cccc2[nH]c(O)c(C=Nc3ccc(C(N)=O)cc3)c12. The van der Waals surface area contributed by atoms with Crippen molar-refractivity contribution in [2.24, 2.45) is 15.7 Å². The Hall–Kier alpha value is -6.16. The van der Waals surface area contributed by atoms with Crippen LogP contribution in [0.3, 0.4) is 0 Å². The first kappa shape index (κ1) is 30.3. The van der Waals surface area contributed by atoms with Crippen LogP contribution in [0.2, 0.25) is 0 Å². The number of rotatable bonds is 6. The number of nitrogens with two attached hydrogens (primary N) is 1. The molecule has 7 N–H and O–H groups in total. The largest absolute Gasteiger partial charge is 0.494 e. The van der Waals surface area contributed by atoms with Crippen LogP contribution in [0.1, 0.15) is 39.5 Å². The fourth-order valence-corrected chi connectivity index (χ4v) is 4.96. The number of carbonyl (C=O) groups is 2. The number of amides is 2. The minimum absolute atomic E-state index is 0.0850. The lowest BCUT2D eigenvalue weighted by Crippen LogP contribution is -2.10. The number of aromatic amines is 2. The zero-order chi connectivity index (χ0) is 32.1. The summed E-state index contributed by atoms with van der Waals surface area (Å²) in [4.78, 5) is 36.7. The second kappa shape index (κ2) is 13.0. The van der Waals surface area contributed by atoms with E-state index in [2.05, 4.69) is 25.3 Å². The average Bonchev–Trinajstić information content (AvgIpc) is 3.52. The number of aliphatic imine (C=N–C) groups is 2. The maximum atomic E-state index is 11.0. The van der Waals surface area contributed by atoms with Crippen molar-refractivity contribution < 1.29 is 19.8 Å². The lowest BCUT2D eigenvalue weighted by Gasteiger charge is -2.01. The molecule has 0 atom stereocenters. The van der Waals surface area contributed by atoms with Gasteiger partial charge in [-0.25, -0.2) is 0 Å². The van der Waals surface area contributed by atoms with Crippen LogP contribution in [0.4, 0.5) is 17.1 Å². The number of aromatic nitrogens is 2. The van der Waals surface area contributed by atoms with Gasteiger partial charge in [0.1, 0.15) is 0 Å². The Labute approximate surface area is 259 Å². The number of aromatic hydroxyl groups is 2. The molecule has 0 spiro atoms. The predicted molar refractivity (Wildman–Crippen MR) is 180 cm³/mol. The smallest absolute Gasteiger partial charge is 0.248 e. The van der Waals surface area contributed by atoms with Crippen molar-refractivity contribution >= 4 is 63.1 Å². The van der Waals surface area contributed by atoms with E-state index in [0.29, 0.717) is 22.4 Å². The monoisotopic (exact) mass is 600 g/mol. The van der Waals surface area contributed by atoms with Gasteiger partial charge in [0, 0.05) is 52.4 Å². The third-order valence-electron chi connectivity index (χ3n) is 7.13. The molecule has 6 aromatic rings. The van der Waals surface area contributed by atoms with Gasteiger partial charge in [-0.15, -0.1) is 0 Å². The van der Waals surface area contributed by atoms with Crippen molar-refractivity contribution in [2.75, 3.05) is 5.32 Å². The molecule has 226 valence electrons. The van der Waals surface area contributed by atoms with Crippen molar-refractivity contribution in [1.82, 2.24) is 9.97 Å². The molecule has 6 rings (SSSR count). The van der Waals surface area contributed by atoms with Gasteiger partial charge in [-0.3, -0.25) is 19.6 Å². The van der Waals surface area contributed by atoms with E-state index in [1.54, 1.807) is 61.0 Å². The quantitative estimate of drug-likeness (QED) is 0.114. The molecule has 4 aromatic carbocycles. The Balaban J connectivity index is 0.000000178. The van der Waals surface area contributed by atoms with Crippen molar-refractivity contribution in [3.63, 3.8) is 0 Å². The molecule has 0 unspecified atom stereocenters. The molecule has 2 aromatic heterocycles. The Morgan fingerprint density at radius 1 is 0.711 bits per heavy atom. The highest BCUT2D eigenvalue weighted by Gasteiger charge is 2.12. The van der Waals surface area contributed by atoms with E-state index in [9.17, 15) is 19.8 Å². The second-order valence-electron chi connectivity index (χ2n) is 10.4. The topological polar surface area (TPSA) is 169 Å². The summed E-state index contributed by atoms with van der Waals surface area (Å²) in [5.41, 5.74) is 13.0. The summed E-state index contributed by atoms with van der Waals surface area (Å²) in [5, 5.41) is 24.7. The molecule has 0 aliphatic carbocycles. The minimum atomic E-state index is -0.472. The van der Waals surface area contributed by atoms with Gasteiger partial charge in [0.2, 0.25) is 11.8 Å². The summed E-state index contributed by atoms with van der Waals surface area (Å²) in [7, 11) is 0. The molecule has 10 heteroatoms. The molecule has 0 aliphatic heterocycles. The van der Waals surface area contributed by atoms with Crippen LogP contribution in [-0.2, 0) is 4.79 Å². The summed E-state index contributed by atoms with van der Waals surface area (Å²) in [6.45, 7) is 5.44. The standard InChI is InChI=1S/C18H17N3O2.C17H15N3O2/c1-11-4-3-5-16-17(11)15(18(23)21-16)10-19-13-6-8-14(9-7-13)20-12(2)22;1-10-3-2-4-14-15(10)13(17(22)20-14)9-19-12-7-5-11(6-8-12)16(18)21/h3-10,21,23H,1-2H3,(H,20,22);2-9,20,22H,1H3,(H2,18,21). The second-order valence-corrected chi connectivity index (χ2v) is 10.4. The van der Waals surface area contributed by atoms with Gasteiger partial charge >= 0.3 is 0 Å². The predicted octanol–water partition coefficient (Wildman–Crippen LogP) is 6.92. The van der Waals surface area contributed by atoms with Gasteiger partial charge in [0.05, 0.1) is 22.5 Å². The number of hydrogen-bond donors (Lipinski definition) is 6. The number of nitrogens with zero attached hydrogens (tertiary/aromatic N) is 2. The van der Waals surface area contributed by atoms with E-state index in [1.165, 1.54) is 6.92 Å². The van der Waals surface area contributed by atoms with Crippen molar-refractivity contribution in [3.05, 3.63) is 113 Å². The van der Waals surface area contributed by atoms with E-state index in [4.69, 9.17) is 5.73 Å². The van der Waals surface area contributed by atoms with Crippen LogP contribution in [0.5, 0.6) is 11.8 Å². The molecule has 0 saturated heterocycles. The van der Waals surface area contributed by atoms with Crippen LogP contribution in [0.15, 0.2) is 94.9 Å². The molecule has 0 saturated carbocycles. The lowest BCUT2D eigenvalue weighted by molar-refractivity contribution is -0.114. The molecule has 2 heterocycles. The minimum Gasteiger partial charge on any atom is -0.494 e. The van der Waals surface area contributed by atoms with E-state index in [1.807, 2.05) is 50.2 Å². The van der Waals surface area contributed by atoms with Crippen LogP contribution in [-0.4, -0.2) is 44.4 Å². The number of carbonyl (C=O) groups excluding carboxylic acids is 2. The molecule has 10 nitrogen and oxygen atoms in total. The number of primary amides is 1. The number of hydrogen-bond acceptors (Lipinski definition) is 6. The van der Waals surface area contributed by atoms with Gasteiger partial charge in [0.15, 0.2) is 11.8 Å². The number of nitrogens with one attached hydrogen (secondary N) is 3. The van der Waals surface area contributed by atoms with Crippen molar-refractivity contribution in [3.8, 4) is 11.8 Å². The summed E-state index contributed by atoms with van der Waals surface area (Å²) in [6.07, 6.45) is 3.26. The molecule has 45 heavy (non-hydrogen) atoms. The maximum absolute atomic E-state index is 11.0. The van der Waals surface area contributed by atoms with Gasteiger partial charge in [-0.2, -0.15) is 0 Å². The summed E-state index contributed by atoms with van der Waals surface area (Å²) >= 11 is 0. The molecule has 0 fully saturated rings.